The number of rotatable bonds is 9. The maximum absolute atomic E-state index is 12.6. The van der Waals surface area contributed by atoms with E-state index in [9.17, 15) is 18.3 Å². The number of carboxylic acids is 1. The minimum absolute atomic E-state index is 0.0102. The highest BCUT2D eigenvalue weighted by Crippen LogP contribution is 2.25. The molecule has 1 atom stereocenters. The third kappa shape index (κ3) is 5.85. The van der Waals surface area contributed by atoms with Crippen molar-refractivity contribution in [2.75, 3.05) is 0 Å². The summed E-state index contributed by atoms with van der Waals surface area (Å²) in [5, 5.41) is 10.4. The van der Waals surface area contributed by atoms with Gasteiger partial charge in [0.1, 0.15) is 18.4 Å². The Bertz CT molecular complexity index is 1430. The molecular formula is C27H26N2O5S. The molecule has 180 valence electrons. The van der Waals surface area contributed by atoms with E-state index >= 15 is 0 Å². The molecule has 0 aliphatic heterocycles. The van der Waals surface area contributed by atoms with Gasteiger partial charge in [0.2, 0.25) is 10.0 Å². The summed E-state index contributed by atoms with van der Waals surface area (Å²) < 4.78 is 33.4. The van der Waals surface area contributed by atoms with Crippen molar-refractivity contribution in [3.63, 3.8) is 0 Å². The van der Waals surface area contributed by atoms with Gasteiger partial charge in [-0.3, -0.25) is 4.79 Å². The van der Waals surface area contributed by atoms with Gasteiger partial charge in [0.15, 0.2) is 0 Å². The number of para-hydroxylation sites is 1. The zero-order chi connectivity index (χ0) is 25.0. The Morgan fingerprint density at radius 1 is 0.914 bits per heavy atom. The van der Waals surface area contributed by atoms with Crippen LogP contribution in [-0.4, -0.2) is 30.5 Å². The Morgan fingerprint density at radius 2 is 1.54 bits per heavy atom. The van der Waals surface area contributed by atoms with Gasteiger partial charge in [-0.25, -0.2) is 13.4 Å². The Kier molecular flexibility index (Phi) is 7.14. The molecule has 2 N–H and O–H groups in total. The summed E-state index contributed by atoms with van der Waals surface area (Å²) in [7, 11) is -3.96. The fourth-order valence-electron chi connectivity index (χ4n) is 3.62. The number of fused-ring (bicyclic) bond motifs is 1. The van der Waals surface area contributed by atoms with Crippen molar-refractivity contribution < 1.29 is 23.1 Å². The van der Waals surface area contributed by atoms with Gasteiger partial charge in [0.05, 0.1) is 16.1 Å². The normalized spacial score (nSPS) is 12.5. The molecule has 8 heteroatoms. The van der Waals surface area contributed by atoms with Gasteiger partial charge < -0.3 is 9.84 Å². The maximum atomic E-state index is 12.6. The van der Waals surface area contributed by atoms with E-state index in [-0.39, 0.29) is 10.8 Å². The highest BCUT2D eigenvalue weighted by molar-refractivity contribution is 7.89. The van der Waals surface area contributed by atoms with Crippen LogP contribution in [0.1, 0.15) is 19.5 Å². The molecule has 35 heavy (non-hydrogen) atoms. The number of pyridine rings is 1. The zero-order valence-corrected chi connectivity index (χ0v) is 20.2. The highest BCUT2D eigenvalue weighted by Gasteiger charge is 2.27. The molecule has 0 amide bonds. The smallest absolute Gasteiger partial charge is 0.322 e. The molecule has 1 heterocycles. The van der Waals surface area contributed by atoms with Gasteiger partial charge in [-0.15, -0.1) is 0 Å². The van der Waals surface area contributed by atoms with Gasteiger partial charge in [-0.05, 0) is 53.4 Å². The molecule has 4 aromatic rings. The summed E-state index contributed by atoms with van der Waals surface area (Å²) >= 11 is 0. The van der Waals surface area contributed by atoms with Crippen LogP contribution in [0.4, 0.5) is 0 Å². The van der Waals surface area contributed by atoms with E-state index in [2.05, 4.69) is 9.71 Å². The number of aromatic nitrogens is 1. The second kappa shape index (κ2) is 10.2. The topological polar surface area (TPSA) is 106 Å². The summed E-state index contributed by atoms with van der Waals surface area (Å²) in [5.74, 6) is -0.904. The third-order valence-corrected chi connectivity index (χ3v) is 7.07. The van der Waals surface area contributed by atoms with E-state index in [0.717, 1.165) is 27.7 Å². The van der Waals surface area contributed by atoms with Crippen LogP contribution >= 0.6 is 0 Å². The largest absolute Gasteiger partial charge is 0.487 e. The van der Waals surface area contributed by atoms with Crippen LogP contribution in [-0.2, 0) is 21.4 Å². The van der Waals surface area contributed by atoms with E-state index in [1.54, 1.807) is 26.0 Å². The van der Waals surface area contributed by atoms with Gasteiger partial charge >= 0.3 is 5.97 Å². The second-order valence-electron chi connectivity index (χ2n) is 8.51. The van der Waals surface area contributed by atoms with Crippen molar-refractivity contribution in [1.29, 1.82) is 0 Å². The minimum atomic E-state index is -3.96. The second-order valence-corrected chi connectivity index (χ2v) is 10.2. The molecule has 0 saturated heterocycles. The SMILES string of the molecule is CC(C)C(NS(=O)(=O)c1ccc(-c2ccc(OCc3ccc4ccccc4n3)cc2)cc1)C(=O)O. The number of benzene rings is 3. The fraction of sp³-hybridized carbons (Fsp3) is 0.185. The molecule has 4 rings (SSSR count). The van der Waals surface area contributed by atoms with Crippen molar-refractivity contribution in [3.8, 4) is 16.9 Å². The Hall–Kier alpha value is -3.75. The lowest BCUT2D eigenvalue weighted by Crippen LogP contribution is -2.44. The van der Waals surface area contributed by atoms with Crippen LogP contribution in [0, 0.1) is 5.92 Å². The van der Waals surface area contributed by atoms with Crippen molar-refractivity contribution in [1.82, 2.24) is 9.71 Å². The van der Waals surface area contributed by atoms with Crippen molar-refractivity contribution in [2.45, 2.75) is 31.4 Å². The van der Waals surface area contributed by atoms with Gasteiger partial charge in [-0.2, -0.15) is 4.72 Å². The number of hydrogen-bond donors (Lipinski definition) is 2. The minimum Gasteiger partial charge on any atom is -0.487 e. The molecule has 3 aromatic carbocycles. The number of ether oxygens (including phenoxy) is 1. The molecule has 0 saturated carbocycles. The number of sulfonamides is 1. The average molecular weight is 491 g/mol. The van der Waals surface area contributed by atoms with E-state index in [4.69, 9.17) is 4.74 Å². The first-order valence-electron chi connectivity index (χ1n) is 11.2. The molecule has 0 aliphatic rings. The Balaban J connectivity index is 1.42. The standard InChI is InChI=1S/C27H26N2O5S/c1-18(2)26(27(30)31)29-35(32,33)24-15-10-20(11-16-24)19-8-13-23(14-9-19)34-17-22-12-7-21-5-3-4-6-25(21)28-22/h3-16,18,26,29H,17H2,1-2H3,(H,30,31). The molecule has 0 aliphatic carbocycles. The average Bonchev–Trinajstić information content (AvgIpc) is 2.86. The molecule has 1 aromatic heterocycles. The number of hydrogen-bond acceptors (Lipinski definition) is 5. The van der Waals surface area contributed by atoms with Gasteiger partial charge in [0.25, 0.3) is 0 Å². The lowest BCUT2D eigenvalue weighted by Gasteiger charge is -2.18. The fourth-order valence-corrected chi connectivity index (χ4v) is 4.96. The number of nitrogens with one attached hydrogen (secondary N) is 1. The van der Waals surface area contributed by atoms with Crippen LogP contribution < -0.4 is 9.46 Å². The van der Waals surface area contributed by atoms with E-state index in [0.29, 0.717) is 12.4 Å². The number of aliphatic carboxylic acids is 1. The van der Waals surface area contributed by atoms with Crippen molar-refractivity contribution in [2.24, 2.45) is 5.92 Å². The summed E-state index contributed by atoms with van der Waals surface area (Å²) in [5.41, 5.74) is 3.47. The van der Waals surface area contributed by atoms with Gasteiger partial charge in [-0.1, -0.05) is 62.4 Å². The Morgan fingerprint density at radius 3 is 2.17 bits per heavy atom. The van der Waals surface area contributed by atoms with Crippen LogP contribution in [0.25, 0.3) is 22.0 Å². The first-order valence-corrected chi connectivity index (χ1v) is 12.6. The molecule has 0 fully saturated rings. The third-order valence-electron chi connectivity index (χ3n) is 5.61. The maximum Gasteiger partial charge on any atom is 0.322 e. The summed E-state index contributed by atoms with van der Waals surface area (Å²) in [6, 6.07) is 24.5. The molecule has 0 bridgehead atoms. The zero-order valence-electron chi connectivity index (χ0n) is 19.4. The number of carbonyl (C=O) groups is 1. The van der Waals surface area contributed by atoms with Crippen LogP contribution in [0.3, 0.4) is 0 Å². The Labute approximate surface area is 204 Å². The predicted octanol–water partition coefficient (Wildman–Crippen LogP) is 4.87. The van der Waals surface area contributed by atoms with Gasteiger partial charge in [0, 0.05) is 5.39 Å². The van der Waals surface area contributed by atoms with Crippen LogP contribution in [0.5, 0.6) is 5.75 Å². The molecule has 1 unspecified atom stereocenters. The number of carboxylic acid groups (broad SMARTS) is 1. The van der Waals surface area contributed by atoms with Crippen LogP contribution in [0.2, 0.25) is 0 Å². The monoisotopic (exact) mass is 490 g/mol. The summed E-state index contributed by atoms with van der Waals surface area (Å²) in [4.78, 5) is 16.0. The lowest BCUT2D eigenvalue weighted by molar-refractivity contribution is -0.140. The van der Waals surface area contributed by atoms with E-state index in [1.165, 1.54) is 12.1 Å². The number of nitrogens with zero attached hydrogens (tertiary/aromatic N) is 1. The highest BCUT2D eigenvalue weighted by atomic mass is 32.2. The lowest BCUT2D eigenvalue weighted by atomic mass is 10.1. The molecule has 0 radical (unpaired) electrons. The first-order chi connectivity index (χ1) is 16.7. The van der Waals surface area contributed by atoms with Crippen molar-refractivity contribution >= 4 is 26.9 Å². The van der Waals surface area contributed by atoms with E-state index < -0.39 is 22.0 Å². The summed E-state index contributed by atoms with van der Waals surface area (Å²) in [6.45, 7) is 3.64. The molecule has 0 spiro atoms. The molecule has 7 nitrogen and oxygen atoms in total. The quantitative estimate of drug-likeness (QED) is 0.347. The molecular weight excluding hydrogens is 464 g/mol. The van der Waals surface area contributed by atoms with Crippen LogP contribution in [0.15, 0.2) is 89.8 Å². The predicted molar refractivity (Wildman–Crippen MR) is 135 cm³/mol. The van der Waals surface area contributed by atoms with E-state index in [1.807, 2.05) is 60.7 Å². The first kappa shape index (κ1) is 24.4. The van der Waals surface area contributed by atoms with Crippen molar-refractivity contribution in [3.05, 3.63) is 90.6 Å². The summed E-state index contributed by atoms with van der Waals surface area (Å²) in [6.07, 6.45) is 0.